The molecule has 0 radical (unpaired) electrons. The molecule has 1 heterocycles. The van der Waals surface area contributed by atoms with Crippen LogP contribution in [0, 0.1) is 5.92 Å². The van der Waals surface area contributed by atoms with E-state index in [-0.39, 0.29) is 17.9 Å². The Morgan fingerprint density at radius 1 is 1.06 bits per heavy atom. The van der Waals surface area contributed by atoms with Gasteiger partial charge in [-0.25, -0.2) is 0 Å². The molecule has 0 spiro atoms. The number of rotatable bonds is 6. The molecular weight excluding hydrogens is 425 g/mol. The van der Waals surface area contributed by atoms with Gasteiger partial charge in [-0.15, -0.1) is 0 Å². The lowest BCUT2D eigenvalue weighted by molar-refractivity contribution is -0.137. The Kier molecular flexibility index (Phi) is 7.42. The molecule has 2 fully saturated rings. The maximum Gasteiger partial charge on any atom is 0.416 e. The Morgan fingerprint density at radius 2 is 1.79 bits per heavy atom. The third-order valence-corrected chi connectivity index (χ3v) is 7.33. The van der Waals surface area contributed by atoms with Crippen molar-refractivity contribution in [3.63, 3.8) is 0 Å². The van der Waals surface area contributed by atoms with Gasteiger partial charge < -0.3 is 10.6 Å². The summed E-state index contributed by atoms with van der Waals surface area (Å²) < 4.78 is 39.1. The van der Waals surface area contributed by atoms with Crippen molar-refractivity contribution in [2.75, 3.05) is 13.1 Å². The molecule has 33 heavy (non-hydrogen) atoms. The number of halogens is 3. The van der Waals surface area contributed by atoms with Crippen molar-refractivity contribution in [1.82, 2.24) is 10.6 Å². The van der Waals surface area contributed by atoms with Gasteiger partial charge in [0.05, 0.1) is 5.56 Å². The van der Waals surface area contributed by atoms with Crippen molar-refractivity contribution in [3.8, 4) is 0 Å². The van der Waals surface area contributed by atoms with Gasteiger partial charge in [-0.3, -0.25) is 4.79 Å². The molecule has 3 nitrogen and oxygen atoms in total. The predicted molar refractivity (Wildman–Crippen MR) is 124 cm³/mol. The third-order valence-electron chi connectivity index (χ3n) is 7.33. The predicted octanol–water partition coefficient (Wildman–Crippen LogP) is 6.26. The molecule has 1 saturated carbocycles. The summed E-state index contributed by atoms with van der Waals surface area (Å²) in [6, 6.07) is 14.0. The number of alkyl halides is 3. The summed E-state index contributed by atoms with van der Waals surface area (Å²) in [6.45, 7) is 3.91. The maximum atomic E-state index is 13.0. The van der Waals surface area contributed by atoms with Crippen LogP contribution in [0.4, 0.5) is 13.2 Å². The van der Waals surface area contributed by atoms with E-state index in [1.807, 2.05) is 19.1 Å². The van der Waals surface area contributed by atoms with Gasteiger partial charge >= 0.3 is 6.18 Å². The zero-order chi connectivity index (χ0) is 23.4. The van der Waals surface area contributed by atoms with Crippen molar-refractivity contribution in [3.05, 3.63) is 70.8 Å². The van der Waals surface area contributed by atoms with Gasteiger partial charge in [0.2, 0.25) is 0 Å². The lowest BCUT2D eigenvalue weighted by Gasteiger charge is -2.23. The molecule has 3 atom stereocenters. The van der Waals surface area contributed by atoms with Crippen molar-refractivity contribution >= 4 is 5.91 Å². The number of hydrogen-bond donors (Lipinski definition) is 2. The number of piperidine rings is 1. The van der Waals surface area contributed by atoms with E-state index in [0.29, 0.717) is 17.4 Å². The largest absolute Gasteiger partial charge is 0.416 e. The molecule has 6 heteroatoms. The summed E-state index contributed by atoms with van der Waals surface area (Å²) in [6.07, 6.45) is 1.74. The molecule has 0 bridgehead atoms. The smallest absolute Gasteiger partial charge is 0.349 e. The van der Waals surface area contributed by atoms with Crippen LogP contribution in [0.1, 0.15) is 84.3 Å². The van der Waals surface area contributed by atoms with Gasteiger partial charge in [-0.2, -0.15) is 13.2 Å². The lowest BCUT2D eigenvalue weighted by atomic mass is 9.87. The second-order valence-electron chi connectivity index (χ2n) is 9.76. The van der Waals surface area contributed by atoms with Gasteiger partial charge in [0.1, 0.15) is 0 Å². The molecular formula is C27H33F3N2O. The Morgan fingerprint density at radius 3 is 2.48 bits per heavy atom. The molecule has 2 N–H and O–H groups in total. The van der Waals surface area contributed by atoms with Crippen LogP contribution in [0.3, 0.4) is 0 Å². The van der Waals surface area contributed by atoms with Gasteiger partial charge in [-0.1, -0.05) is 37.3 Å². The van der Waals surface area contributed by atoms with E-state index >= 15 is 0 Å². The van der Waals surface area contributed by atoms with Crippen LogP contribution < -0.4 is 10.6 Å². The van der Waals surface area contributed by atoms with Crippen LogP contribution in [-0.2, 0) is 6.18 Å². The fourth-order valence-corrected chi connectivity index (χ4v) is 5.39. The first-order valence-electron chi connectivity index (χ1n) is 12.1. The van der Waals surface area contributed by atoms with Crippen LogP contribution in [0.25, 0.3) is 0 Å². The minimum Gasteiger partial charge on any atom is -0.349 e. The number of carbonyl (C=O) groups is 1. The van der Waals surface area contributed by atoms with Crippen molar-refractivity contribution in [1.29, 1.82) is 0 Å². The summed E-state index contributed by atoms with van der Waals surface area (Å²) in [4.78, 5) is 12.5. The first-order chi connectivity index (χ1) is 15.8. The first-order valence-corrected chi connectivity index (χ1v) is 12.1. The molecule has 4 rings (SSSR count). The maximum absolute atomic E-state index is 13.0. The van der Waals surface area contributed by atoms with E-state index < -0.39 is 11.7 Å². The molecule has 1 aliphatic carbocycles. The molecule has 1 saturated heterocycles. The van der Waals surface area contributed by atoms with Crippen LogP contribution in [-0.4, -0.2) is 25.0 Å². The Hall–Kier alpha value is -2.34. The molecule has 1 aliphatic heterocycles. The topological polar surface area (TPSA) is 41.1 Å². The van der Waals surface area contributed by atoms with Crippen molar-refractivity contribution in [2.24, 2.45) is 5.92 Å². The minimum absolute atomic E-state index is 0.00680. The van der Waals surface area contributed by atoms with Gasteiger partial charge in [0.25, 0.3) is 5.91 Å². The van der Waals surface area contributed by atoms with Crippen LogP contribution in [0.5, 0.6) is 0 Å². The number of nitrogens with one attached hydrogen (secondary N) is 2. The van der Waals surface area contributed by atoms with E-state index in [0.717, 1.165) is 63.2 Å². The average molecular weight is 459 g/mol. The SMILES string of the molecule is C[C@@H](CC1CC[C@H](c2ccc(C(=O)NC3CCNCC3)cc2)C1)c1cccc(C(F)(F)F)c1. The van der Waals surface area contributed by atoms with Gasteiger partial charge in [0, 0.05) is 11.6 Å². The Labute approximate surface area is 194 Å². The minimum atomic E-state index is -4.30. The molecule has 2 aromatic rings. The lowest BCUT2D eigenvalue weighted by Crippen LogP contribution is -2.42. The molecule has 0 aromatic heterocycles. The number of benzene rings is 2. The molecule has 178 valence electrons. The summed E-state index contributed by atoms with van der Waals surface area (Å²) in [5.41, 5.74) is 2.14. The first kappa shape index (κ1) is 23.8. The third kappa shape index (κ3) is 6.17. The fourth-order valence-electron chi connectivity index (χ4n) is 5.39. The monoisotopic (exact) mass is 458 g/mol. The average Bonchev–Trinajstić information content (AvgIpc) is 3.28. The molecule has 1 amide bonds. The zero-order valence-electron chi connectivity index (χ0n) is 19.1. The Balaban J connectivity index is 1.31. The molecule has 2 aromatic carbocycles. The second-order valence-corrected chi connectivity index (χ2v) is 9.76. The highest BCUT2D eigenvalue weighted by atomic mass is 19.4. The van der Waals surface area contributed by atoms with Crippen LogP contribution >= 0.6 is 0 Å². The summed E-state index contributed by atoms with van der Waals surface area (Å²) in [5, 5.41) is 6.43. The van der Waals surface area contributed by atoms with Crippen molar-refractivity contribution < 1.29 is 18.0 Å². The summed E-state index contributed by atoms with van der Waals surface area (Å²) in [5.74, 6) is 1.04. The second kappa shape index (κ2) is 10.3. The van der Waals surface area contributed by atoms with E-state index in [1.165, 1.54) is 17.7 Å². The number of hydrogen-bond acceptors (Lipinski definition) is 2. The molecule has 2 aliphatic rings. The van der Waals surface area contributed by atoms with Crippen LogP contribution in [0.15, 0.2) is 48.5 Å². The van der Waals surface area contributed by atoms with E-state index in [1.54, 1.807) is 6.07 Å². The zero-order valence-corrected chi connectivity index (χ0v) is 19.1. The van der Waals surface area contributed by atoms with Gasteiger partial charge in [0.15, 0.2) is 0 Å². The quantitative estimate of drug-likeness (QED) is 0.536. The number of carbonyl (C=O) groups excluding carboxylic acids is 1. The Bertz CT molecular complexity index is 935. The standard InChI is InChI=1S/C27H33F3N2O/c1-18(22-3-2-4-24(17-22)27(28,29)30)15-19-5-6-23(16-19)20-7-9-21(10-8-20)26(33)32-25-11-13-31-14-12-25/h2-4,7-10,17-19,23,25,31H,5-6,11-16H2,1H3,(H,32,33)/t18-,19?,23-/m0/s1. The van der Waals surface area contributed by atoms with E-state index in [2.05, 4.69) is 22.8 Å². The normalized spacial score (nSPS) is 22.8. The van der Waals surface area contributed by atoms with Crippen LogP contribution in [0.2, 0.25) is 0 Å². The van der Waals surface area contributed by atoms with E-state index in [4.69, 9.17) is 0 Å². The summed E-state index contributed by atoms with van der Waals surface area (Å²) in [7, 11) is 0. The van der Waals surface area contributed by atoms with Crippen molar-refractivity contribution in [2.45, 2.75) is 69.5 Å². The fraction of sp³-hybridized carbons (Fsp3) is 0.519. The highest BCUT2D eigenvalue weighted by molar-refractivity contribution is 5.94. The summed E-state index contributed by atoms with van der Waals surface area (Å²) >= 11 is 0. The highest BCUT2D eigenvalue weighted by Crippen LogP contribution is 2.43. The van der Waals surface area contributed by atoms with Gasteiger partial charge in [-0.05, 0) is 98.7 Å². The number of amides is 1. The molecule has 1 unspecified atom stereocenters. The highest BCUT2D eigenvalue weighted by Gasteiger charge is 2.32. The van der Waals surface area contributed by atoms with E-state index in [9.17, 15) is 18.0 Å².